The van der Waals surface area contributed by atoms with E-state index in [0.29, 0.717) is 0 Å². The molecule has 0 radical (unpaired) electrons. The van der Waals surface area contributed by atoms with Crippen LogP contribution in [0.1, 0.15) is 11.1 Å². The van der Waals surface area contributed by atoms with Gasteiger partial charge in [-0.15, -0.1) is 0 Å². The fraction of sp³-hybridized carbons (Fsp3) is 0.118. The molecule has 3 rings (SSSR count). The number of rotatable bonds is 5. The van der Waals surface area contributed by atoms with Gasteiger partial charge in [-0.2, -0.15) is 0 Å². The van der Waals surface area contributed by atoms with Crippen LogP contribution in [0.4, 0.5) is 5.69 Å². The van der Waals surface area contributed by atoms with Crippen LogP contribution >= 0.6 is 15.9 Å². The zero-order valence-corrected chi connectivity index (χ0v) is 13.1. The monoisotopic (exact) mass is 341 g/mol. The number of nitrogens with one attached hydrogen (secondary N) is 1. The number of benzene rings is 2. The van der Waals surface area contributed by atoms with E-state index in [1.807, 2.05) is 12.5 Å². The normalized spacial score (nSPS) is 10.5. The van der Waals surface area contributed by atoms with Crippen LogP contribution in [0.5, 0.6) is 0 Å². The number of aromatic nitrogens is 2. The van der Waals surface area contributed by atoms with Gasteiger partial charge in [0.15, 0.2) is 0 Å². The summed E-state index contributed by atoms with van der Waals surface area (Å²) in [5, 5.41) is 3.46. The first kappa shape index (κ1) is 13.9. The van der Waals surface area contributed by atoms with Crippen LogP contribution in [-0.4, -0.2) is 9.55 Å². The molecule has 0 spiro atoms. The topological polar surface area (TPSA) is 29.9 Å². The molecule has 0 aliphatic rings. The standard InChI is InChI=1S/C17H16BrN3/c18-16-6-4-14(5-7-16)11-20-17-3-1-2-15(10-17)12-21-9-8-19-13-21/h1-10,13,20H,11-12H2. The van der Waals surface area contributed by atoms with Crippen LogP contribution in [0.15, 0.2) is 71.7 Å². The summed E-state index contributed by atoms with van der Waals surface area (Å²) in [7, 11) is 0. The maximum Gasteiger partial charge on any atom is 0.0949 e. The minimum absolute atomic E-state index is 0.821. The Bertz CT molecular complexity index is 690. The van der Waals surface area contributed by atoms with Crippen molar-refractivity contribution >= 4 is 21.6 Å². The smallest absolute Gasteiger partial charge is 0.0949 e. The van der Waals surface area contributed by atoms with Crippen LogP contribution in [0.2, 0.25) is 0 Å². The van der Waals surface area contributed by atoms with Crippen molar-refractivity contribution < 1.29 is 0 Å². The Morgan fingerprint density at radius 2 is 1.90 bits per heavy atom. The summed E-state index contributed by atoms with van der Waals surface area (Å²) in [5.74, 6) is 0. The number of nitrogens with zero attached hydrogens (tertiary/aromatic N) is 2. The van der Waals surface area contributed by atoms with Gasteiger partial charge in [0.25, 0.3) is 0 Å². The lowest BCUT2D eigenvalue weighted by Gasteiger charge is -2.09. The molecule has 21 heavy (non-hydrogen) atoms. The van der Waals surface area contributed by atoms with Crippen molar-refractivity contribution in [3.63, 3.8) is 0 Å². The third-order valence-corrected chi connectivity index (χ3v) is 3.79. The SMILES string of the molecule is Brc1ccc(CNc2cccc(Cn3ccnc3)c2)cc1. The fourth-order valence-electron chi connectivity index (χ4n) is 2.18. The first-order valence-electron chi connectivity index (χ1n) is 6.82. The predicted octanol–water partition coefficient (Wildman–Crippen LogP) is 4.31. The van der Waals surface area contributed by atoms with Gasteiger partial charge in [0, 0.05) is 35.6 Å². The lowest BCUT2D eigenvalue weighted by atomic mass is 10.2. The highest BCUT2D eigenvalue weighted by Gasteiger charge is 1.98. The van der Waals surface area contributed by atoms with Gasteiger partial charge in [0.1, 0.15) is 0 Å². The Balaban J connectivity index is 1.64. The maximum atomic E-state index is 4.07. The summed E-state index contributed by atoms with van der Waals surface area (Å²) < 4.78 is 3.17. The van der Waals surface area contributed by atoms with E-state index in [1.165, 1.54) is 11.1 Å². The molecule has 106 valence electrons. The van der Waals surface area contributed by atoms with Crippen LogP contribution in [0.25, 0.3) is 0 Å². The fourth-order valence-corrected chi connectivity index (χ4v) is 2.44. The van der Waals surface area contributed by atoms with Crippen molar-refractivity contribution in [3.05, 3.63) is 82.9 Å². The molecule has 3 aromatic rings. The molecular formula is C17H16BrN3. The van der Waals surface area contributed by atoms with E-state index in [1.54, 1.807) is 6.20 Å². The zero-order valence-electron chi connectivity index (χ0n) is 11.5. The number of anilines is 1. The van der Waals surface area contributed by atoms with Crippen LogP contribution in [0, 0.1) is 0 Å². The summed E-state index contributed by atoms with van der Waals surface area (Å²) in [6, 6.07) is 16.8. The van der Waals surface area contributed by atoms with Gasteiger partial charge >= 0.3 is 0 Å². The van der Waals surface area contributed by atoms with Gasteiger partial charge in [0.2, 0.25) is 0 Å². The Morgan fingerprint density at radius 1 is 1.05 bits per heavy atom. The molecule has 0 saturated heterocycles. The van der Waals surface area contributed by atoms with Crippen molar-refractivity contribution in [2.45, 2.75) is 13.1 Å². The lowest BCUT2D eigenvalue weighted by molar-refractivity contribution is 0.797. The summed E-state index contributed by atoms with van der Waals surface area (Å²) in [6.45, 7) is 1.66. The summed E-state index contributed by atoms with van der Waals surface area (Å²) in [4.78, 5) is 4.07. The van der Waals surface area contributed by atoms with E-state index in [2.05, 4.69) is 79.3 Å². The average Bonchev–Trinajstić information content (AvgIpc) is 3.00. The molecular weight excluding hydrogens is 326 g/mol. The number of hydrogen-bond acceptors (Lipinski definition) is 2. The molecule has 0 atom stereocenters. The lowest BCUT2D eigenvalue weighted by Crippen LogP contribution is -2.01. The van der Waals surface area contributed by atoms with E-state index < -0.39 is 0 Å². The summed E-state index contributed by atoms with van der Waals surface area (Å²) in [6.07, 6.45) is 5.61. The highest BCUT2D eigenvalue weighted by molar-refractivity contribution is 9.10. The Kier molecular flexibility index (Phi) is 4.36. The van der Waals surface area contributed by atoms with E-state index in [9.17, 15) is 0 Å². The third kappa shape index (κ3) is 3.95. The Labute approximate surface area is 132 Å². The molecule has 1 N–H and O–H groups in total. The van der Waals surface area contributed by atoms with Gasteiger partial charge in [0.05, 0.1) is 6.33 Å². The third-order valence-electron chi connectivity index (χ3n) is 3.26. The van der Waals surface area contributed by atoms with Crippen LogP contribution < -0.4 is 5.32 Å². The first-order valence-corrected chi connectivity index (χ1v) is 7.62. The molecule has 0 bridgehead atoms. The Hall–Kier alpha value is -2.07. The highest BCUT2D eigenvalue weighted by atomic mass is 79.9. The zero-order chi connectivity index (χ0) is 14.5. The molecule has 3 nitrogen and oxygen atoms in total. The van der Waals surface area contributed by atoms with Crippen molar-refractivity contribution in [2.75, 3.05) is 5.32 Å². The molecule has 0 aliphatic carbocycles. The molecule has 0 unspecified atom stereocenters. The molecule has 1 heterocycles. The molecule has 1 aromatic heterocycles. The predicted molar refractivity (Wildman–Crippen MR) is 89.2 cm³/mol. The van der Waals surface area contributed by atoms with Gasteiger partial charge in [-0.25, -0.2) is 4.98 Å². The van der Waals surface area contributed by atoms with Crippen molar-refractivity contribution in [1.29, 1.82) is 0 Å². The molecule has 0 aliphatic heterocycles. The van der Waals surface area contributed by atoms with Gasteiger partial charge < -0.3 is 9.88 Å². The number of hydrogen-bond donors (Lipinski definition) is 1. The molecule has 0 amide bonds. The van der Waals surface area contributed by atoms with E-state index >= 15 is 0 Å². The van der Waals surface area contributed by atoms with Gasteiger partial charge in [-0.05, 0) is 35.4 Å². The van der Waals surface area contributed by atoms with E-state index in [-0.39, 0.29) is 0 Å². The van der Waals surface area contributed by atoms with Crippen LogP contribution in [-0.2, 0) is 13.1 Å². The van der Waals surface area contributed by atoms with Crippen molar-refractivity contribution in [1.82, 2.24) is 9.55 Å². The average molecular weight is 342 g/mol. The first-order chi connectivity index (χ1) is 10.3. The second-order valence-electron chi connectivity index (χ2n) is 4.92. The minimum atomic E-state index is 0.821. The molecule has 4 heteroatoms. The highest BCUT2D eigenvalue weighted by Crippen LogP contribution is 2.15. The largest absolute Gasteiger partial charge is 0.381 e. The quantitative estimate of drug-likeness (QED) is 0.749. The second-order valence-corrected chi connectivity index (χ2v) is 5.83. The molecule has 2 aromatic carbocycles. The van der Waals surface area contributed by atoms with Crippen molar-refractivity contribution in [3.8, 4) is 0 Å². The number of halogens is 1. The van der Waals surface area contributed by atoms with Crippen molar-refractivity contribution in [2.24, 2.45) is 0 Å². The van der Waals surface area contributed by atoms with E-state index in [4.69, 9.17) is 0 Å². The van der Waals surface area contributed by atoms with Gasteiger partial charge in [-0.1, -0.05) is 40.2 Å². The summed E-state index contributed by atoms with van der Waals surface area (Å²) in [5.41, 5.74) is 3.66. The minimum Gasteiger partial charge on any atom is -0.381 e. The van der Waals surface area contributed by atoms with Gasteiger partial charge in [-0.3, -0.25) is 0 Å². The van der Waals surface area contributed by atoms with Crippen LogP contribution in [0.3, 0.4) is 0 Å². The second kappa shape index (κ2) is 6.59. The molecule has 0 fully saturated rings. The summed E-state index contributed by atoms with van der Waals surface area (Å²) >= 11 is 3.45. The number of imidazole rings is 1. The maximum absolute atomic E-state index is 4.07. The molecule has 0 saturated carbocycles. The van der Waals surface area contributed by atoms with E-state index in [0.717, 1.165) is 23.2 Å². The Morgan fingerprint density at radius 3 is 2.67 bits per heavy atom.